The molecule has 3 heterocycles. The lowest BCUT2D eigenvalue weighted by Crippen LogP contribution is -2.17. The van der Waals surface area contributed by atoms with Crippen LogP contribution in [0.3, 0.4) is 0 Å². The smallest absolute Gasteiger partial charge is 0.0970 e. The van der Waals surface area contributed by atoms with E-state index in [2.05, 4.69) is 75.5 Å². The third kappa shape index (κ3) is 2.58. The zero-order valence-electron chi connectivity index (χ0n) is 16.2. The third-order valence-corrected chi connectivity index (χ3v) is 6.12. The van der Waals surface area contributed by atoms with Crippen molar-refractivity contribution in [1.29, 1.82) is 0 Å². The first-order chi connectivity index (χ1) is 14.4. The molecule has 0 bridgehead atoms. The maximum atomic E-state index is 4.69. The average Bonchev–Trinajstić information content (AvgIpc) is 3.32. The van der Waals surface area contributed by atoms with Crippen molar-refractivity contribution < 1.29 is 0 Å². The third-order valence-electron chi connectivity index (χ3n) is 6.12. The van der Waals surface area contributed by atoms with Gasteiger partial charge >= 0.3 is 0 Å². The van der Waals surface area contributed by atoms with E-state index in [4.69, 9.17) is 0 Å². The highest BCUT2D eigenvalue weighted by atomic mass is 15.1. The molecule has 0 aliphatic carbocycles. The number of nitrogens with zero attached hydrogens (tertiary/aromatic N) is 3. The van der Waals surface area contributed by atoms with Crippen LogP contribution in [-0.2, 0) is 0 Å². The molecule has 2 aromatic heterocycles. The number of fused-ring (bicyclic) bond motifs is 4. The predicted molar refractivity (Wildman–Crippen MR) is 121 cm³/mol. The van der Waals surface area contributed by atoms with E-state index in [9.17, 15) is 0 Å². The molecule has 3 nitrogen and oxygen atoms in total. The molecule has 0 unspecified atom stereocenters. The molecule has 0 spiro atoms. The van der Waals surface area contributed by atoms with Crippen molar-refractivity contribution in [1.82, 2.24) is 9.97 Å². The molecule has 0 amide bonds. The second-order valence-electron chi connectivity index (χ2n) is 7.77. The van der Waals surface area contributed by atoms with E-state index in [0.29, 0.717) is 0 Å². The van der Waals surface area contributed by atoms with Gasteiger partial charge in [0.1, 0.15) is 0 Å². The van der Waals surface area contributed by atoms with Crippen LogP contribution in [0, 0.1) is 0 Å². The van der Waals surface area contributed by atoms with Crippen LogP contribution in [0.5, 0.6) is 0 Å². The number of hydrogen-bond acceptors (Lipinski definition) is 3. The van der Waals surface area contributed by atoms with Crippen LogP contribution in [0.1, 0.15) is 12.8 Å². The topological polar surface area (TPSA) is 29.0 Å². The normalized spacial score (nSPS) is 14.3. The van der Waals surface area contributed by atoms with Crippen molar-refractivity contribution in [2.45, 2.75) is 12.8 Å². The molecular formula is C26H21N3. The monoisotopic (exact) mass is 375 g/mol. The van der Waals surface area contributed by atoms with Crippen molar-refractivity contribution in [2.75, 3.05) is 18.0 Å². The summed E-state index contributed by atoms with van der Waals surface area (Å²) in [5.41, 5.74) is 5.75. The van der Waals surface area contributed by atoms with Gasteiger partial charge in [0.05, 0.1) is 11.0 Å². The maximum absolute atomic E-state index is 4.69. The molecule has 0 atom stereocenters. The van der Waals surface area contributed by atoms with Crippen LogP contribution in [0.2, 0.25) is 0 Å². The van der Waals surface area contributed by atoms with Crippen LogP contribution in [0.4, 0.5) is 5.69 Å². The Balaban J connectivity index is 1.64. The van der Waals surface area contributed by atoms with E-state index in [1.165, 1.54) is 40.4 Å². The summed E-state index contributed by atoms with van der Waals surface area (Å²) in [6.07, 6.45) is 6.32. The Bertz CT molecular complexity index is 1370. The summed E-state index contributed by atoms with van der Waals surface area (Å²) < 4.78 is 0. The number of hydrogen-bond donors (Lipinski definition) is 0. The van der Waals surface area contributed by atoms with Crippen LogP contribution in [-0.4, -0.2) is 23.1 Å². The van der Waals surface area contributed by atoms with Gasteiger partial charge in [-0.05, 0) is 47.6 Å². The van der Waals surface area contributed by atoms with Gasteiger partial charge in [-0.25, -0.2) is 0 Å². The minimum absolute atomic E-state index is 0.963. The van der Waals surface area contributed by atoms with Crippen molar-refractivity contribution in [3.63, 3.8) is 0 Å². The minimum Gasteiger partial charge on any atom is -0.371 e. The fourth-order valence-corrected chi connectivity index (χ4v) is 4.74. The standard InChI is InChI=1S/C26H21N3/c1-2-8-22-19(7-1)20(11-12-24(22)29-16-3-4-17-29)21-13-15-28-26-23(21)10-9-18-6-5-14-27-25(18)26/h1-2,5-15H,3-4,16-17H2. The van der Waals surface area contributed by atoms with Crippen LogP contribution >= 0.6 is 0 Å². The molecule has 1 aliphatic rings. The quantitative estimate of drug-likeness (QED) is 0.344. The largest absolute Gasteiger partial charge is 0.371 e. The van der Waals surface area contributed by atoms with Crippen LogP contribution in [0.25, 0.3) is 43.7 Å². The Hall–Kier alpha value is -3.46. The van der Waals surface area contributed by atoms with E-state index in [0.717, 1.165) is 34.9 Å². The SMILES string of the molecule is c1cnc2c(c1)ccc1c(-c3ccc(N4CCCC4)c4ccccc34)ccnc12. The minimum atomic E-state index is 0.963. The van der Waals surface area contributed by atoms with Crippen molar-refractivity contribution in [3.05, 3.63) is 79.1 Å². The Morgan fingerprint density at radius 2 is 1.38 bits per heavy atom. The summed E-state index contributed by atoms with van der Waals surface area (Å²) in [7, 11) is 0. The van der Waals surface area contributed by atoms with Gasteiger partial charge in [-0.15, -0.1) is 0 Å². The predicted octanol–water partition coefficient (Wildman–Crippen LogP) is 6.20. The van der Waals surface area contributed by atoms with Crippen molar-refractivity contribution >= 4 is 38.3 Å². The van der Waals surface area contributed by atoms with Gasteiger partial charge in [-0.1, -0.05) is 48.5 Å². The van der Waals surface area contributed by atoms with E-state index < -0.39 is 0 Å². The molecule has 29 heavy (non-hydrogen) atoms. The van der Waals surface area contributed by atoms with Gasteiger partial charge < -0.3 is 4.90 Å². The summed E-state index contributed by atoms with van der Waals surface area (Å²) in [5.74, 6) is 0. The first-order valence-electron chi connectivity index (χ1n) is 10.3. The summed E-state index contributed by atoms with van der Waals surface area (Å²) in [6, 6.07) is 23.9. The Morgan fingerprint density at radius 1 is 0.586 bits per heavy atom. The Morgan fingerprint density at radius 3 is 2.28 bits per heavy atom. The zero-order chi connectivity index (χ0) is 19.2. The first-order valence-corrected chi connectivity index (χ1v) is 10.3. The molecule has 1 aliphatic heterocycles. The highest BCUT2D eigenvalue weighted by Gasteiger charge is 2.17. The summed E-state index contributed by atoms with van der Waals surface area (Å²) in [4.78, 5) is 11.8. The second-order valence-corrected chi connectivity index (χ2v) is 7.77. The number of benzene rings is 3. The fourth-order valence-electron chi connectivity index (χ4n) is 4.74. The number of aromatic nitrogens is 2. The lowest BCUT2D eigenvalue weighted by molar-refractivity contribution is 0.949. The molecular weight excluding hydrogens is 354 g/mol. The molecule has 0 radical (unpaired) electrons. The number of rotatable bonds is 2. The van der Waals surface area contributed by atoms with Crippen molar-refractivity contribution in [3.8, 4) is 11.1 Å². The molecule has 1 fully saturated rings. The fraction of sp³-hybridized carbons (Fsp3) is 0.154. The highest BCUT2D eigenvalue weighted by molar-refractivity contribution is 6.12. The average molecular weight is 375 g/mol. The second kappa shape index (κ2) is 6.56. The molecule has 0 saturated carbocycles. The number of anilines is 1. The zero-order valence-corrected chi connectivity index (χ0v) is 16.2. The molecule has 5 aromatic rings. The Kier molecular flexibility index (Phi) is 3.73. The molecule has 1 saturated heterocycles. The van der Waals surface area contributed by atoms with E-state index >= 15 is 0 Å². The molecule has 3 heteroatoms. The van der Waals surface area contributed by atoms with E-state index in [1.807, 2.05) is 18.5 Å². The van der Waals surface area contributed by atoms with Gasteiger partial charge in [0.2, 0.25) is 0 Å². The van der Waals surface area contributed by atoms with E-state index in [-0.39, 0.29) is 0 Å². The number of pyridine rings is 2. The highest BCUT2D eigenvalue weighted by Crippen LogP contribution is 2.39. The van der Waals surface area contributed by atoms with Gasteiger partial charge in [-0.2, -0.15) is 0 Å². The van der Waals surface area contributed by atoms with Crippen LogP contribution in [0.15, 0.2) is 79.1 Å². The molecule has 3 aromatic carbocycles. The van der Waals surface area contributed by atoms with E-state index in [1.54, 1.807) is 0 Å². The molecule has 6 rings (SSSR count). The van der Waals surface area contributed by atoms with Gasteiger partial charge in [-0.3, -0.25) is 9.97 Å². The summed E-state index contributed by atoms with van der Waals surface area (Å²) >= 11 is 0. The lowest BCUT2D eigenvalue weighted by Gasteiger charge is -2.21. The van der Waals surface area contributed by atoms with Gasteiger partial charge in [0, 0.05) is 47.3 Å². The van der Waals surface area contributed by atoms with Crippen molar-refractivity contribution in [2.24, 2.45) is 0 Å². The molecule has 0 N–H and O–H groups in total. The van der Waals surface area contributed by atoms with Crippen LogP contribution < -0.4 is 4.90 Å². The summed E-state index contributed by atoms with van der Waals surface area (Å²) in [5, 5.41) is 4.90. The first kappa shape index (κ1) is 16.5. The lowest BCUT2D eigenvalue weighted by atomic mass is 9.94. The Labute approximate surface area is 169 Å². The summed E-state index contributed by atoms with van der Waals surface area (Å²) in [6.45, 7) is 2.30. The van der Waals surface area contributed by atoms with Gasteiger partial charge in [0.25, 0.3) is 0 Å². The molecule has 140 valence electrons. The maximum Gasteiger partial charge on any atom is 0.0970 e. The van der Waals surface area contributed by atoms with Gasteiger partial charge in [0.15, 0.2) is 0 Å².